The van der Waals surface area contributed by atoms with Crippen molar-refractivity contribution in [3.8, 4) is 0 Å². The summed E-state index contributed by atoms with van der Waals surface area (Å²) in [5.74, 6) is 0. The molecule has 6 heteroatoms. The minimum Gasteiger partial charge on any atom is -0.382 e. The molecule has 0 atom stereocenters. The second-order valence-electron chi connectivity index (χ2n) is 8.16. The van der Waals surface area contributed by atoms with Gasteiger partial charge in [0.05, 0.1) is 52.9 Å². The molecule has 3 rings (SSSR count). The molecule has 5 nitrogen and oxygen atoms in total. The second kappa shape index (κ2) is 19.9. The van der Waals surface area contributed by atoms with E-state index in [4.69, 9.17) is 23.7 Å². The molecule has 0 saturated heterocycles. The number of methoxy groups -OCH3 is 2. The third-order valence-electron chi connectivity index (χ3n) is 5.62. The highest BCUT2D eigenvalue weighted by molar-refractivity contribution is 7.73. The first-order valence-electron chi connectivity index (χ1n) is 12.5. The predicted octanol–water partition coefficient (Wildman–Crippen LogP) is 4.78. The molecule has 0 aromatic heterocycles. The van der Waals surface area contributed by atoms with Gasteiger partial charge in [0.25, 0.3) is 0 Å². The van der Waals surface area contributed by atoms with Crippen molar-refractivity contribution in [2.45, 2.75) is 37.8 Å². The van der Waals surface area contributed by atoms with Gasteiger partial charge in [0.15, 0.2) is 0 Å². The summed E-state index contributed by atoms with van der Waals surface area (Å²) >= 11 is 0. The highest BCUT2D eigenvalue weighted by Gasteiger charge is 2.25. The molecule has 0 amide bonds. The van der Waals surface area contributed by atoms with Crippen molar-refractivity contribution >= 4 is 18.5 Å². The lowest BCUT2D eigenvalue weighted by Crippen LogP contribution is -2.23. The maximum absolute atomic E-state index is 5.26. The van der Waals surface area contributed by atoms with Gasteiger partial charge in [-0.2, -0.15) is 0 Å². The maximum Gasteiger partial charge on any atom is 0.0701 e. The summed E-state index contributed by atoms with van der Waals surface area (Å²) in [7, 11) is 3.13. The number of benzene rings is 2. The summed E-state index contributed by atoms with van der Waals surface area (Å²) in [6.45, 7) is 4.87. The summed E-state index contributed by atoms with van der Waals surface area (Å²) in [5, 5.41) is 3.10. The van der Waals surface area contributed by atoms with Crippen LogP contribution in [0.15, 0.2) is 60.7 Å². The van der Waals surface area contributed by atoms with Crippen LogP contribution >= 0.6 is 7.92 Å². The SMILES string of the molecule is COCCOCCOCCOCCOC.c1ccc(P(c2ccccc2)C2CCCCC2)cc1. The minimum atomic E-state index is -0.169. The Balaban J connectivity index is 0.000000249. The summed E-state index contributed by atoms with van der Waals surface area (Å²) in [6.07, 6.45) is 7.10. The van der Waals surface area contributed by atoms with E-state index in [1.165, 1.54) is 32.1 Å². The highest BCUT2D eigenvalue weighted by Crippen LogP contribution is 2.46. The molecule has 1 saturated carbocycles. The molecule has 1 aliphatic carbocycles. The summed E-state index contributed by atoms with van der Waals surface area (Å²) in [4.78, 5) is 0. The number of rotatable bonds is 15. The van der Waals surface area contributed by atoms with E-state index in [1.54, 1.807) is 24.8 Å². The Morgan fingerprint density at radius 1 is 0.559 bits per heavy atom. The van der Waals surface area contributed by atoms with Crippen LogP contribution in [0.25, 0.3) is 0 Å². The fourth-order valence-electron chi connectivity index (χ4n) is 3.91. The minimum absolute atomic E-state index is 0.169. The predicted molar refractivity (Wildman–Crippen MR) is 142 cm³/mol. The van der Waals surface area contributed by atoms with Crippen molar-refractivity contribution in [3.63, 3.8) is 0 Å². The summed E-state index contributed by atoms with van der Waals surface area (Å²) in [5.41, 5.74) is 0.883. The largest absolute Gasteiger partial charge is 0.382 e. The Labute approximate surface area is 207 Å². The van der Waals surface area contributed by atoms with Crippen LogP contribution in [0, 0.1) is 0 Å². The fraction of sp³-hybridized carbons (Fsp3) is 0.571. The van der Waals surface area contributed by atoms with Gasteiger partial charge in [0.2, 0.25) is 0 Å². The molecule has 2 aromatic rings. The third-order valence-corrected chi connectivity index (χ3v) is 8.57. The smallest absolute Gasteiger partial charge is 0.0701 e. The van der Waals surface area contributed by atoms with Crippen molar-refractivity contribution < 1.29 is 23.7 Å². The lowest BCUT2D eigenvalue weighted by atomic mass is 10.0. The third kappa shape index (κ3) is 12.4. The zero-order chi connectivity index (χ0) is 24.1. The van der Waals surface area contributed by atoms with Gasteiger partial charge in [-0.1, -0.05) is 79.9 Å². The summed E-state index contributed by atoms with van der Waals surface area (Å²) < 4.78 is 25.3. The van der Waals surface area contributed by atoms with Gasteiger partial charge in [-0.3, -0.25) is 0 Å². The van der Waals surface area contributed by atoms with Crippen LogP contribution < -0.4 is 10.6 Å². The molecule has 0 spiro atoms. The molecule has 34 heavy (non-hydrogen) atoms. The zero-order valence-electron chi connectivity index (χ0n) is 21.0. The molecule has 0 bridgehead atoms. The molecule has 1 aliphatic rings. The number of ether oxygens (including phenoxy) is 5. The molecule has 0 radical (unpaired) electrons. The van der Waals surface area contributed by atoms with Crippen molar-refractivity contribution in [2.24, 2.45) is 0 Å². The van der Waals surface area contributed by atoms with Crippen LogP contribution in [0.4, 0.5) is 0 Å². The first kappa shape index (κ1) is 28.9. The van der Waals surface area contributed by atoms with Crippen molar-refractivity contribution in [1.29, 1.82) is 0 Å². The van der Waals surface area contributed by atoms with Gasteiger partial charge in [-0.05, 0) is 37.0 Å². The van der Waals surface area contributed by atoms with Gasteiger partial charge >= 0.3 is 0 Å². The van der Waals surface area contributed by atoms with E-state index in [9.17, 15) is 0 Å². The number of hydrogen-bond acceptors (Lipinski definition) is 5. The lowest BCUT2D eigenvalue weighted by Gasteiger charge is -2.31. The van der Waals surface area contributed by atoms with E-state index in [0.717, 1.165) is 5.66 Å². The van der Waals surface area contributed by atoms with Crippen LogP contribution in [0.1, 0.15) is 32.1 Å². The van der Waals surface area contributed by atoms with Gasteiger partial charge in [-0.25, -0.2) is 0 Å². The van der Waals surface area contributed by atoms with Gasteiger partial charge in [-0.15, -0.1) is 0 Å². The molecule has 0 heterocycles. The lowest BCUT2D eigenvalue weighted by molar-refractivity contribution is -0.00380. The Morgan fingerprint density at radius 3 is 1.32 bits per heavy atom. The van der Waals surface area contributed by atoms with Gasteiger partial charge in [0, 0.05) is 14.2 Å². The van der Waals surface area contributed by atoms with E-state index >= 15 is 0 Å². The normalized spacial score (nSPS) is 14.1. The monoisotopic (exact) mass is 490 g/mol. The van der Waals surface area contributed by atoms with E-state index in [-0.39, 0.29) is 7.92 Å². The molecular formula is C28H43O5P. The standard InChI is InChI=1S/C18H21P.C10H22O5/c1-4-10-16(11-5-1)19(17-12-6-2-7-13-17)18-14-8-3-9-15-18;1-11-3-5-13-7-9-15-10-8-14-6-4-12-2/h1-2,4-7,10-13,18H,3,8-9,14-15H2;3-10H2,1-2H3. The van der Waals surface area contributed by atoms with Crippen LogP contribution in [0.3, 0.4) is 0 Å². The van der Waals surface area contributed by atoms with E-state index in [0.29, 0.717) is 52.9 Å². The topological polar surface area (TPSA) is 46.2 Å². The second-order valence-corrected chi connectivity index (χ2v) is 10.7. The molecular weight excluding hydrogens is 447 g/mol. The first-order chi connectivity index (χ1) is 16.9. The van der Waals surface area contributed by atoms with Crippen LogP contribution in [0.5, 0.6) is 0 Å². The van der Waals surface area contributed by atoms with Crippen LogP contribution in [-0.2, 0) is 23.7 Å². The average molecular weight is 491 g/mol. The molecule has 2 aromatic carbocycles. The van der Waals surface area contributed by atoms with Crippen LogP contribution in [0.2, 0.25) is 0 Å². The Morgan fingerprint density at radius 2 is 0.941 bits per heavy atom. The average Bonchev–Trinajstić information content (AvgIpc) is 2.90. The Hall–Kier alpha value is -1.33. The molecule has 1 fully saturated rings. The Kier molecular flexibility index (Phi) is 16.9. The zero-order valence-corrected chi connectivity index (χ0v) is 21.9. The fourth-order valence-corrected chi connectivity index (χ4v) is 6.92. The van der Waals surface area contributed by atoms with Crippen molar-refractivity contribution in [2.75, 3.05) is 67.1 Å². The highest BCUT2D eigenvalue weighted by atomic mass is 31.1. The molecule has 0 unspecified atom stereocenters. The van der Waals surface area contributed by atoms with Crippen molar-refractivity contribution in [1.82, 2.24) is 0 Å². The molecule has 0 N–H and O–H groups in total. The quantitative estimate of drug-likeness (QED) is 0.266. The van der Waals surface area contributed by atoms with E-state index < -0.39 is 0 Å². The maximum atomic E-state index is 5.26. The first-order valence-corrected chi connectivity index (χ1v) is 13.9. The van der Waals surface area contributed by atoms with E-state index in [2.05, 4.69) is 60.7 Å². The molecule has 190 valence electrons. The van der Waals surface area contributed by atoms with Crippen LogP contribution in [-0.4, -0.2) is 72.7 Å². The Bertz CT molecular complexity index is 643. The van der Waals surface area contributed by atoms with Crippen molar-refractivity contribution in [3.05, 3.63) is 60.7 Å². The summed E-state index contributed by atoms with van der Waals surface area (Å²) in [6, 6.07) is 22.3. The number of hydrogen-bond donors (Lipinski definition) is 0. The molecule has 0 aliphatic heterocycles. The van der Waals surface area contributed by atoms with Gasteiger partial charge in [0.1, 0.15) is 0 Å². The van der Waals surface area contributed by atoms with Gasteiger partial charge < -0.3 is 23.7 Å². The van der Waals surface area contributed by atoms with E-state index in [1.807, 2.05) is 0 Å².